The van der Waals surface area contributed by atoms with Gasteiger partial charge in [-0.15, -0.1) is 0 Å². The maximum absolute atomic E-state index is 12.5. The molecule has 20 heteroatoms. The summed E-state index contributed by atoms with van der Waals surface area (Å²) in [6.45, 7) is 3.07. The highest BCUT2D eigenvalue weighted by molar-refractivity contribution is 9.11. The van der Waals surface area contributed by atoms with Crippen molar-refractivity contribution in [2.24, 2.45) is 0 Å². The number of hydrogen-bond acceptors (Lipinski definition) is 16. The van der Waals surface area contributed by atoms with Gasteiger partial charge in [-0.1, -0.05) is 306 Å². The number of aryl methyl sites for hydroxylation is 4. The maximum atomic E-state index is 12.5. The molecular weight excluding hydrogens is 2000 g/mol. The summed E-state index contributed by atoms with van der Waals surface area (Å²) in [4.78, 5) is 27.9. The van der Waals surface area contributed by atoms with Gasteiger partial charge in [-0.25, -0.2) is 19.9 Å². The molecule has 4 aromatic heterocycles. The van der Waals surface area contributed by atoms with Crippen LogP contribution in [-0.2, 0) is 25.7 Å². The van der Waals surface area contributed by atoms with Gasteiger partial charge < -0.3 is 59.0 Å². The van der Waals surface area contributed by atoms with E-state index in [-0.39, 0.29) is 23.7 Å². The Morgan fingerprint density at radius 3 is 0.571 bits per heavy atom. The molecular formula is C120H132Br4N8O8. The molecule has 0 amide bonds. The number of aromatic nitrogens is 4. The Balaban J connectivity index is 0.000000157. The Morgan fingerprint density at radius 2 is 0.407 bits per heavy atom. The van der Waals surface area contributed by atoms with Crippen molar-refractivity contribution in [3.63, 3.8) is 0 Å². The fourth-order valence-corrected chi connectivity index (χ4v) is 20.6. The van der Waals surface area contributed by atoms with E-state index in [1.165, 1.54) is 22.3 Å². The lowest BCUT2D eigenvalue weighted by molar-refractivity contribution is 0.000436. The molecule has 0 saturated heterocycles. The first kappa shape index (κ1) is 106. The number of fused-ring (bicyclic) bond motifs is 4. The van der Waals surface area contributed by atoms with Crippen molar-refractivity contribution in [3.8, 4) is 23.5 Å². The molecule has 8 unspecified atom stereocenters. The summed E-state index contributed by atoms with van der Waals surface area (Å²) in [5, 5.41) is 54.1. The van der Waals surface area contributed by atoms with Crippen LogP contribution in [0.15, 0.2) is 358 Å². The van der Waals surface area contributed by atoms with Crippen LogP contribution in [-0.4, -0.2) is 193 Å². The number of hydrogen-bond donors (Lipinski definition) is 4. The molecule has 0 aliphatic heterocycles. The highest BCUT2D eigenvalue weighted by Gasteiger charge is 2.45. The van der Waals surface area contributed by atoms with Crippen LogP contribution in [0.25, 0.3) is 43.6 Å². The van der Waals surface area contributed by atoms with Gasteiger partial charge in [0.15, 0.2) is 0 Å². The number of rotatable bonds is 40. The number of halogens is 4. The van der Waals surface area contributed by atoms with Crippen molar-refractivity contribution in [1.82, 2.24) is 39.5 Å². The van der Waals surface area contributed by atoms with Crippen LogP contribution < -0.4 is 18.9 Å². The predicted octanol–water partition coefficient (Wildman–Crippen LogP) is 25.8. The molecule has 0 saturated carbocycles. The number of aliphatic hydroxyl groups is 4. The number of ether oxygens (including phenoxy) is 4. The molecule has 16 nitrogen and oxygen atoms in total. The molecule has 0 aliphatic carbocycles. The van der Waals surface area contributed by atoms with Gasteiger partial charge in [-0.2, -0.15) is 0 Å². The molecule has 0 radical (unpaired) electrons. The average molecular weight is 2130 g/mol. The SMILES string of the molecule is COc1nc2ccc(Br)cc2cc1C(c1ccccc1)C(O)(CCc1ccccc1)CCN(C)C.COc1nc2ccc(Br)cc2cc1C(c1ccccc1)C(O)(CCc1ccccc1)CCN(C)C.COc1nc2ccc(Br)cc2cc1C(c1ccccc1)C(O)(CCc1ccccc1)CCN(C)C.COc1nc2ccc(Br)cc2cc1C(c1ccccc1)C(O)(CCc1ccccc1)CCN(C)C. The second kappa shape index (κ2) is 51.2. The highest BCUT2D eigenvalue weighted by Crippen LogP contribution is 2.50. The number of nitrogens with zero attached hydrogens (tertiary/aromatic N) is 8. The maximum Gasteiger partial charge on any atom is 0.217 e. The lowest BCUT2D eigenvalue weighted by atomic mass is 9.72. The monoisotopic (exact) mass is 2130 g/mol. The third-order valence-electron chi connectivity index (χ3n) is 26.5. The van der Waals surface area contributed by atoms with Gasteiger partial charge in [0.1, 0.15) is 0 Å². The number of methoxy groups -OCH3 is 4. The van der Waals surface area contributed by atoms with Gasteiger partial charge >= 0.3 is 0 Å². The minimum Gasteiger partial charge on any atom is -0.481 e. The Labute approximate surface area is 861 Å². The Hall–Kier alpha value is -10.9. The first-order chi connectivity index (χ1) is 67.6. The van der Waals surface area contributed by atoms with Crippen molar-refractivity contribution in [1.29, 1.82) is 0 Å². The third-order valence-corrected chi connectivity index (χ3v) is 28.5. The average Bonchev–Trinajstić information content (AvgIpc) is 0.772. The summed E-state index contributed by atoms with van der Waals surface area (Å²) in [6, 6.07) is 115. The molecule has 4 N–H and O–H groups in total. The normalized spacial score (nSPS) is 14.1. The quantitative estimate of drug-likeness (QED) is 0.0284. The van der Waals surface area contributed by atoms with E-state index in [0.29, 0.717) is 74.9 Å². The molecule has 0 bridgehead atoms. The molecule has 8 atom stereocenters. The van der Waals surface area contributed by atoms with E-state index in [0.717, 1.165) is 158 Å². The van der Waals surface area contributed by atoms with Crippen molar-refractivity contribution < 1.29 is 39.4 Å². The van der Waals surface area contributed by atoms with Crippen molar-refractivity contribution in [2.75, 3.05) is 111 Å². The fourth-order valence-electron chi connectivity index (χ4n) is 19.1. The van der Waals surface area contributed by atoms with E-state index < -0.39 is 22.4 Å². The van der Waals surface area contributed by atoms with Gasteiger partial charge in [0.05, 0.1) is 72.9 Å². The Bertz CT molecular complexity index is 5780. The zero-order valence-electron chi connectivity index (χ0n) is 82.5. The Morgan fingerprint density at radius 1 is 0.236 bits per heavy atom. The van der Waals surface area contributed by atoms with Gasteiger partial charge in [0.2, 0.25) is 23.5 Å². The molecule has 12 aromatic carbocycles. The first-order valence-corrected chi connectivity index (χ1v) is 51.2. The second-order valence-electron chi connectivity index (χ2n) is 37.6. The van der Waals surface area contributed by atoms with Crippen LogP contribution in [0.2, 0.25) is 0 Å². The summed E-state index contributed by atoms with van der Waals surface area (Å²) in [7, 11) is 23.0. The minimum atomic E-state index is -1.02. The van der Waals surface area contributed by atoms with Gasteiger partial charge in [-0.3, -0.25) is 0 Å². The summed E-state index contributed by atoms with van der Waals surface area (Å²) < 4.78 is 27.3. The van der Waals surface area contributed by atoms with E-state index in [2.05, 4.69) is 277 Å². The predicted molar refractivity (Wildman–Crippen MR) is 589 cm³/mol. The van der Waals surface area contributed by atoms with Crippen LogP contribution in [0.1, 0.15) is 142 Å². The van der Waals surface area contributed by atoms with E-state index in [1.54, 1.807) is 28.4 Å². The molecule has 0 spiro atoms. The van der Waals surface area contributed by atoms with Crippen LogP contribution in [0.5, 0.6) is 23.5 Å². The highest BCUT2D eigenvalue weighted by atomic mass is 79.9. The molecule has 0 aliphatic rings. The van der Waals surface area contributed by atoms with E-state index in [1.807, 2.05) is 202 Å². The number of benzene rings is 12. The molecule has 16 aromatic rings. The molecule has 140 heavy (non-hydrogen) atoms. The topological polar surface area (TPSA) is 182 Å². The minimum absolute atomic E-state index is 0.307. The van der Waals surface area contributed by atoms with E-state index in [9.17, 15) is 20.4 Å². The zero-order valence-corrected chi connectivity index (χ0v) is 88.8. The first-order valence-electron chi connectivity index (χ1n) is 48.0. The standard InChI is InChI=1S/4C30H33BrN2O2/c4*1-33(2)19-18-30(34,17-16-22-10-6-4-7-11-22)28(23-12-8-5-9-13-23)26-21-24-20-25(31)14-15-27(24)32-29(26)35-3/h4*4-15,20-21,28,34H,16-19H2,1-3H3. The molecule has 16 rings (SSSR count). The summed E-state index contributed by atoms with van der Waals surface area (Å²) in [5.74, 6) is 0.981. The van der Waals surface area contributed by atoms with Crippen molar-refractivity contribution in [2.45, 2.75) is 123 Å². The largest absolute Gasteiger partial charge is 0.481 e. The smallest absolute Gasteiger partial charge is 0.217 e. The van der Waals surface area contributed by atoms with Crippen LogP contribution in [0.3, 0.4) is 0 Å². The zero-order chi connectivity index (χ0) is 99.4. The third kappa shape index (κ3) is 28.7. The summed E-state index contributed by atoms with van der Waals surface area (Å²) in [6.07, 6.45) is 8.05. The van der Waals surface area contributed by atoms with Crippen LogP contribution >= 0.6 is 63.7 Å². The van der Waals surface area contributed by atoms with Gasteiger partial charge in [0, 0.05) is 112 Å². The lowest BCUT2D eigenvalue weighted by Gasteiger charge is -2.38. The van der Waals surface area contributed by atoms with E-state index >= 15 is 0 Å². The fraction of sp³-hybridized carbons (Fsp3) is 0.300. The van der Waals surface area contributed by atoms with Crippen LogP contribution in [0.4, 0.5) is 0 Å². The van der Waals surface area contributed by atoms with Gasteiger partial charge in [-0.05, 0) is 275 Å². The van der Waals surface area contributed by atoms with Gasteiger partial charge in [0.25, 0.3) is 0 Å². The summed E-state index contributed by atoms with van der Waals surface area (Å²) in [5.41, 5.74) is 12.1. The molecule has 728 valence electrons. The second-order valence-corrected chi connectivity index (χ2v) is 41.3. The van der Waals surface area contributed by atoms with Crippen molar-refractivity contribution in [3.05, 3.63) is 424 Å². The van der Waals surface area contributed by atoms with E-state index in [4.69, 9.17) is 38.9 Å². The van der Waals surface area contributed by atoms with Crippen LogP contribution in [0, 0.1) is 0 Å². The van der Waals surface area contributed by atoms with Crippen molar-refractivity contribution >= 4 is 107 Å². The molecule has 0 fully saturated rings. The molecule has 4 heterocycles. The lowest BCUT2D eigenvalue weighted by Crippen LogP contribution is -2.40. The Kier molecular flexibility index (Phi) is 38.9. The number of pyridine rings is 4. The summed E-state index contributed by atoms with van der Waals surface area (Å²) >= 11 is 14.4.